The summed E-state index contributed by atoms with van der Waals surface area (Å²) in [7, 11) is -0.977. The molecule has 0 heterocycles. The van der Waals surface area contributed by atoms with Crippen molar-refractivity contribution in [3.63, 3.8) is 0 Å². The largest absolute Gasteiger partial charge is 0.295 e. The fraction of sp³-hybridized carbons (Fsp3) is 0.818. The van der Waals surface area contributed by atoms with Gasteiger partial charge in [-0.05, 0) is 19.1 Å². The molecule has 13 heavy (non-hydrogen) atoms. The van der Waals surface area contributed by atoms with E-state index in [2.05, 4.69) is 37.4 Å². The van der Waals surface area contributed by atoms with Gasteiger partial charge in [0.1, 0.15) is 0 Å². The zero-order valence-electron chi connectivity index (χ0n) is 9.56. The highest BCUT2D eigenvalue weighted by Gasteiger charge is 2.17. The first-order valence-corrected chi connectivity index (χ1v) is 8.86. The number of nitrogens with zero attached hydrogens (tertiary/aromatic N) is 1. The summed E-state index contributed by atoms with van der Waals surface area (Å²) in [4.78, 5) is 2.43. The van der Waals surface area contributed by atoms with E-state index >= 15 is 0 Å². The monoisotopic (exact) mass is 197 g/mol. The van der Waals surface area contributed by atoms with Gasteiger partial charge >= 0.3 is 0 Å². The summed E-state index contributed by atoms with van der Waals surface area (Å²) < 4.78 is 0. The molecule has 0 atom stereocenters. The number of terminal acetylenes is 1. The molecule has 0 bridgehead atoms. The molecule has 0 aliphatic heterocycles. The molecule has 76 valence electrons. The minimum atomic E-state index is -0.977. The summed E-state index contributed by atoms with van der Waals surface area (Å²) in [6.45, 7) is 11.4. The van der Waals surface area contributed by atoms with E-state index in [0.29, 0.717) is 0 Å². The summed E-state index contributed by atoms with van der Waals surface area (Å²) in [6, 6.07) is 0. The molecule has 0 spiro atoms. The van der Waals surface area contributed by atoms with Crippen molar-refractivity contribution in [1.82, 2.24) is 4.90 Å². The van der Waals surface area contributed by atoms with Gasteiger partial charge in [-0.2, -0.15) is 0 Å². The third-order valence-corrected chi connectivity index (χ3v) is 3.24. The number of hydrogen-bond donors (Lipinski definition) is 0. The average Bonchev–Trinajstić information content (AvgIpc) is 1.98. The van der Waals surface area contributed by atoms with Crippen LogP contribution in [0.1, 0.15) is 19.8 Å². The first-order valence-electron chi connectivity index (χ1n) is 5.15. The van der Waals surface area contributed by atoms with Crippen LogP contribution in [0.25, 0.3) is 0 Å². The predicted molar refractivity (Wildman–Crippen MR) is 63.5 cm³/mol. The zero-order chi connectivity index (χ0) is 10.3. The van der Waals surface area contributed by atoms with Gasteiger partial charge in [-0.15, -0.1) is 6.42 Å². The van der Waals surface area contributed by atoms with Crippen LogP contribution in [-0.4, -0.2) is 32.2 Å². The molecule has 0 N–H and O–H groups in total. The van der Waals surface area contributed by atoms with Gasteiger partial charge in [0, 0.05) is 0 Å². The van der Waals surface area contributed by atoms with E-state index < -0.39 is 8.07 Å². The van der Waals surface area contributed by atoms with Gasteiger partial charge in [0.25, 0.3) is 0 Å². The van der Waals surface area contributed by atoms with Gasteiger partial charge in [-0.1, -0.05) is 38.9 Å². The van der Waals surface area contributed by atoms with E-state index in [4.69, 9.17) is 6.42 Å². The molecule has 1 nitrogen and oxygen atoms in total. The molecular formula is C11H23NSi. The quantitative estimate of drug-likeness (QED) is 0.467. The Kier molecular flexibility index (Phi) is 6.10. The van der Waals surface area contributed by atoms with E-state index in [9.17, 15) is 0 Å². The third kappa shape index (κ3) is 8.08. The zero-order valence-corrected chi connectivity index (χ0v) is 10.6. The van der Waals surface area contributed by atoms with E-state index in [1.807, 2.05) is 0 Å². The maximum atomic E-state index is 5.34. The SMILES string of the molecule is C#CCN(CCCC)C[Si](C)(C)C. The highest BCUT2D eigenvalue weighted by molar-refractivity contribution is 6.76. The molecule has 0 aromatic carbocycles. The van der Waals surface area contributed by atoms with Crippen molar-refractivity contribution in [1.29, 1.82) is 0 Å². The maximum Gasteiger partial charge on any atom is 0.0599 e. The van der Waals surface area contributed by atoms with Gasteiger partial charge < -0.3 is 0 Å². The fourth-order valence-electron chi connectivity index (χ4n) is 1.40. The Hall–Kier alpha value is -0.263. The van der Waals surface area contributed by atoms with Crippen molar-refractivity contribution in [2.24, 2.45) is 0 Å². The van der Waals surface area contributed by atoms with E-state index in [1.165, 1.54) is 25.6 Å². The summed E-state index contributed by atoms with van der Waals surface area (Å²) >= 11 is 0. The van der Waals surface area contributed by atoms with Crippen molar-refractivity contribution in [2.45, 2.75) is 39.4 Å². The molecule has 0 unspecified atom stereocenters. The first kappa shape index (κ1) is 12.7. The molecule has 0 saturated carbocycles. The standard InChI is InChI=1S/C11H23NSi/c1-6-8-10-12(9-7-2)11-13(3,4)5/h2H,6,8-11H2,1,3-5H3. The van der Waals surface area contributed by atoms with Gasteiger partial charge in [-0.25, -0.2) is 0 Å². The van der Waals surface area contributed by atoms with Crippen molar-refractivity contribution in [2.75, 3.05) is 19.3 Å². The lowest BCUT2D eigenvalue weighted by atomic mass is 10.3. The molecule has 0 aliphatic rings. The lowest BCUT2D eigenvalue weighted by molar-refractivity contribution is 0.344. The Morgan fingerprint density at radius 2 is 1.92 bits per heavy atom. The second-order valence-electron chi connectivity index (χ2n) is 4.83. The van der Waals surface area contributed by atoms with Crippen molar-refractivity contribution in [3.05, 3.63) is 0 Å². The lowest BCUT2D eigenvalue weighted by Gasteiger charge is -2.26. The maximum absolute atomic E-state index is 5.34. The van der Waals surface area contributed by atoms with E-state index in [-0.39, 0.29) is 0 Å². The van der Waals surface area contributed by atoms with Crippen LogP contribution in [0.4, 0.5) is 0 Å². The molecule has 0 radical (unpaired) electrons. The fourth-order valence-corrected chi connectivity index (χ4v) is 3.01. The average molecular weight is 197 g/mol. The third-order valence-electron chi connectivity index (χ3n) is 1.84. The van der Waals surface area contributed by atoms with E-state index in [0.717, 1.165) is 6.54 Å². The Bertz CT molecular complexity index is 164. The van der Waals surface area contributed by atoms with Gasteiger partial charge in [0.15, 0.2) is 0 Å². The number of rotatable bonds is 6. The summed E-state index contributed by atoms with van der Waals surface area (Å²) in [5.74, 6) is 2.75. The Balaban J connectivity index is 3.88. The molecule has 0 fully saturated rings. The minimum absolute atomic E-state index is 0.824. The van der Waals surface area contributed by atoms with E-state index in [1.54, 1.807) is 0 Å². The van der Waals surface area contributed by atoms with Crippen molar-refractivity contribution < 1.29 is 0 Å². The second kappa shape index (κ2) is 6.23. The molecule has 0 rings (SSSR count). The molecule has 0 amide bonds. The van der Waals surface area contributed by atoms with Crippen LogP contribution in [0.2, 0.25) is 19.6 Å². The smallest absolute Gasteiger partial charge is 0.0599 e. The van der Waals surface area contributed by atoms with Gasteiger partial charge in [0.2, 0.25) is 0 Å². The Morgan fingerprint density at radius 3 is 2.31 bits per heavy atom. The molecule has 0 aromatic rings. The highest BCUT2D eigenvalue weighted by atomic mass is 28.3. The molecule has 0 saturated heterocycles. The second-order valence-corrected chi connectivity index (χ2v) is 10.3. The molecule has 2 heteroatoms. The van der Waals surface area contributed by atoms with Crippen molar-refractivity contribution >= 4 is 8.07 Å². The van der Waals surface area contributed by atoms with Crippen LogP contribution in [0, 0.1) is 12.3 Å². The Labute approximate surface area is 84.5 Å². The van der Waals surface area contributed by atoms with Crippen LogP contribution >= 0.6 is 0 Å². The van der Waals surface area contributed by atoms with Crippen LogP contribution in [0.3, 0.4) is 0 Å². The van der Waals surface area contributed by atoms with Crippen LogP contribution in [0.5, 0.6) is 0 Å². The molecular weight excluding hydrogens is 174 g/mol. The Morgan fingerprint density at radius 1 is 1.31 bits per heavy atom. The van der Waals surface area contributed by atoms with Crippen LogP contribution in [-0.2, 0) is 0 Å². The number of hydrogen-bond acceptors (Lipinski definition) is 1. The summed E-state index contributed by atoms with van der Waals surface area (Å²) in [6.07, 6.45) is 9.10. The molecule has 0 aromatic heterocycles. The first-order chi connectivity index (χ1) is 5.99. The summed E-state index contributed by atoms with van der Waals surface area (Å²) in [5.41, 5.74) is 0. The molecule has 0 aliphatic carbocycles. The topological polar surface area (TPSA) is 3.24 Å². The number of unbranched alkanes of at least 4 members (excludes halogenated alkanes) is 1. The van der Waals surface area contributed by atoms with Gasteiger partial charge in [-0.3, -0.25) is 4.90 Å². The normalized spacial score (nSPS) is 11.7. The van der Waals surface area contributed by atoms with Crippen LogP contribution in [0.15, 0.2) is 0 Å². The highest BCUT2D eigenvalue weighted by Crippen LogP contribution is 2.05. The predicted octanol–water partition coefficient (Wildman–Crippen LogP) is 2.60. The van der Waals surface area contributed by atoms with Crippen LogP contribution < -0.4 is 0 Å². The van der Waals surface area contributed by atoms with Crippen molar-refractivity contribution in [3.8, 4) is 12.3 Å². The summed E-state index contributed by atoms with van der Waals surface area (Å²) in [5, 5.41) is 0. The minimum Gasteiger partial charge on any atom is -0.295 e. The lowest BCUT2D eigenvalue weighted by Crippen LogP contribution is -2.40. The van der Waals surface area contributed by atoms with Gasteiger partial charge in [0.05, 0.1) is 14.6 Å².